The number of carbonyl (C=O) groups excluding carboxylic acids is 1. The minimum Gasteiger partial charge on any atom is -0.504 e. The molecule has 9 heteroatoms. The molecule has 0 saturated carbocycles. The van der Waals surface area contributed by atoms with Gasteiger partial charge in [-0.25, -0.2) is 4.79 Å². The number of ether oxygens (including phenoxy) is 1. The van der Waals surface area contributed by atoms with Gasteiger partial charge in [-0.15, -0.1) is 0 Å². The highest BCUT2D eigenvalue weighted by Gasteiger charge is 2.20. The molecule has 27 heavy (non-hydrogen) atoms. The van der Waals surface area contributed by atoms with Crippen molar-refractivity contribution in [1.82, 2.24) is 0 Å². The molecule has 0 aliphatic carbocycles. The third kappa shape index (κ3) is 5.33. The molecule has 0 heterocycles. The molecule has 0 amide bonds. The Morgan fingerprint density at radius 1 is 0.852 bits per heavy atom. The first-order valence-electron chi connectivity index (χ1n) is 7.95. The van der Waals surface area contributed by atoms with E-state index in [1.807, 2.05) is 0 Å². The van der Waals surface area contributed by atoms with Crippen LogP contribution in [-0.2, 0) is 22.4 Å². The molecule has 0 radical (unpaired) electrons. The second kappa shape index (κ2) is 8.39. The highest BCUT2D eigenvalue weighted by atomic mass is 16.5. The third-order valence-corrected chi connectivity index (χ3v) is 3.81. The minimum absolute atomic E-state index is 0.0149. The molecular weight excluding hydrogens is 356 g/mol. The fraction of sp³-hybridized carbons (Fsp3) is 0.222. The van der Waals surface area contributed by atoms with E-state index in [2.05, 4.69) is 0 Å². The van der Waals surface area contributed by atoms with Gasteiger partial charge in [0, 0.05) is 0 Å². The molecule has 2 aromatic carbocycles. The number of rotatable bonds is 7. The smallest absolute Gasteiger partial charge is 0.328 e. The van der Waals surface area contributed by atoms with Gasteiger partial charge < -0.3 is 36.6 Å². The van der Waals surface area contributed by atoms with E-state index in [0.29, 0.717) is 11.1 Å². The molecule has 0 bridgehead atoms. The molecule has 9 nitrogen and oxygen atoms in total. The molecule has 0 aromatic heterocycles. The van der Waals surface area contributed by atoms with Gasteiger partial charge in [0.1, 0.15) is 12.1 Å². The first-order chi connectivity index (χ1) is 12.7. The normalized spacial score (nSPS) is 13.0. The number of aliphatic carboxylic acids is 1. The number of benzene rings is 2. The molecule has 0 aliphatic heterocycles. The Hall–Kier alpha value is -3.30. The van der Waals surface area contributed by atoms with Gasteiger partial charge in [-0.05, 0) is 48.2 Å². The molecule has 2 aromatic rings. The van der Waals surface area contributed by atoms with Crippen LogP contribution in [0.25, 0.3) is 0 Å². The summed E-state index contributed by atoms with van der Waals surface area (Å²) in [5.74, 6) is -3.13. The van der Waals surface area contributed by atoms with Crippen molar-refractivity contribution in [3.8, 4) is 23.0 Å². The van der Waals surface area contributed by atoms with Crippen LogP contribution in [0.5, 0.6) is 23.0 Å². The van der Waals surface area contributed by atoms with Gasteiger partial charge in [-0.1, -0.05) is 12.1 Å². The summed E-state index contributed by atoms with van der Waals surface area (Å²) in [4.78, 5) is 23.0. The van der Waals surface area contributed by atoms with Crippen LogP contribution < -0.4 is 16.2 Å². The third-order valence-electron chi connectivity index (χ3n) is 3.81. The Morgan fingerprint density at radius 3 is 2.00 bits per heavy atom. The number of phenols is 3. The van der Waals surface area contributed by atoms with E-state index >= 15 is 0 Å². The van der Waals surface area contributed by atoms with Gasteiger partial charge in [-0.2, -0.15) is 0 Å². The number of hydrogen-bond donors (Lipinski definition) is 6. The summed E-state index contributed by atoms with van der Waals surface area (Å²) in [7, 11) is 0. The van der Waals surface area contributed by atoms with E-state index in [1.54, 1.807) is 0 Å². The number of aromatic hydroxyl groups is 3. The second-order valence-electron chi connectivity index (χ2n) is 6.01. The maximum absolute atomic E-state index is 12.2. The zero-order valence-electron chi connectivity index (χ0n) is 14.2. The largest absolute Gasteiger partial charge is 0.504 e. The lowest BCUT2D eigenvalue weighted by molar-refractivity contribution is -0.138. The van der Waals surface area contributed by atoms with E-state index in [4.69, 9.17) is 21.3 Å². The summed E-state index contributed by atoms with van der Waals surface area (Å²) >= 11 is 0. The molecule has 0 spiro atoms. The van der Waals surface area contributed by atoms with Crippen molar-refractivity contribution >= 4 is 11.9 Å². The lowest BCUT2D eigenvalue weighted by Crippen LogP contribution is -2.36. The molecule has 2 atom stereocenters. The SMILES string of the molecule is N[C@@H](Cc1ccc(O)c(OC(=O)[C@@H](N)Cc2ccc(O)c(O)c2)c1)C(=O)O. The fourth-order valence-corrected chi connectivity index (χ4v) is 2.33. The molecule has 8 N–H and O–H groups in total. The molecular formula is C18H20N2O7. The van der Waals surface area contributed by atoms with Crippen LogP contribution in [-0.4, -0.2) is 44.4 Å². The monoisotopic (exact) mass is 376 g/mol. The lowest BCUT2D eigenvalue weighted by Gasteiger charge is -2.14. The summed E-state index contributed by atoms with van der Waals surface area (Å²) < 4.78 is 5.10. The van der Waals surface area contributed by atoms with E-state index < -0.39 is 24.0 Å². The van der Waals surface area contributed by atoms with E-state index in [0.717, 1.165) is 0 Å². The Balaban J connectivity index is 2.07. The van der Waals surface area contributed by atoms with Crippen molar-refractivity contribution < 1.29 is 34.8 Å². The molecule has 2 rings (SSSR count). The van der Waals surface area contributed by atoms with Gasteiger partial charge in [0.05, 0.1) is 0 Å². The quantitative estimate of drug-likeness (QED) is 0.224. The van der Waals surface area contributed by atoms with Crippen molar-refractivity contribution in [3.05, 3.63) is 47.5 Å². The van der Waals surface area contributed by atoms with Crippen molar-refractivity contribution in [2.24, 2.45) is 11.5 Å². The van der Waals surface area contributed by atoms with Crippen LogP contribution in [0.15, 0.2) is 36.4 Å². The number of nitrogens with two attached hydrogens (primary N) is 2. The molecule has 0 unspecified atom stereocenters. The highest BCUT2D eigenvalue weighted by molar-refractivity contribution is 5.79. The lowest BCUT2D eigenvalue weighted by atomic mass is 10.1. The van der Waals surface area contributed by atoms with E-state index in [1.165, 1.54) is 36.4 Å². The van der Waals surface area contributed by atoms with E-state index in [9.17, 15) is 24.9 Å². The summed E-state index contributed by atoms with van der Waals surface area (Å²) in [6, 6.07) is 5.84. The van der Waals surface area contributed by atoms with Crippen molar-refractivity contribution in [2.75, 3.05) is 0 Å². The van der Waals surface area contributed by atoms with Gasteiger partial charge >= 0.3 is 11.9 Å². The predicted octanol–water partition coefficient (Wildman–Crippen LogP) is 0.233. The van der Waals surface area contributed by atoms with Crippen LogP contribution in [0.2, 0.25) is 0 Å². The number of phenolic OH excluding ortho intramolecular Hbond substituents is 3. The minimum atomic E-state index is -1.18. The summed E-state index contributed by atoms with van der Waals surface area (Å²) in [6.45, 7) is 0. The summed E-state index contributed by atoms with van der Waals surface area (Å²) in [5, 5.41) is 37.5. The number of esters is 1. The van der Waals surface area contributed by atoms with Gasteiger partial charge in [0.25, 0.3) is 0 Å². The summed E-state index contributed by atoms with van der Waals surface area (Å²) in [6.07, 6.45) is 0.00994. The number of hydrogen-bond acceptors (Lipinski definition) is 8. The predicted molar refractivity (Wildman–Crippen MR) is 94.5 cm³/mol. The van der Waals surface area contributed by atoms with E-state index in [-0.39, 0.29) is 35.8 Å². The topological polar surface area (TPSA) is 176 Å². The van der Waals surface area contributed by atoms with Gasteiger partial charge in [-0.3, -0.25) is 4.79 Å². The van der Waals surface area contributed by atoms with Gasteiger partial charge in [0.15, 0.2) is 23.0 Å². The highest BCUT2D eigenvalue weighted by Crippen LogP contribution is 2.28. The van der Waals surface area contributed by atoms with Crippen LogP contribution in [0.4, 0.5) is 0 Å². The Kier molecular flexibility index (Phi) is 6.22. The van der Waals surface area contributed by atoms with Crippen molar-refractivity contribution in [3.63, 3.8) is 0 Å². The zero-order valence-corrected chi connectivity index (χ0v) is 14.2. The first kappa shape index (κ1) is 20.0. The Morgan fingerprint density at radius 2 is 1.41 bits per heavy atom. The standard InChI is InChI=1S/C18H20N2O7/c19-11(17(24)25)5-10-2-4-14(22)16(8-10)27-18(26)12(20)6-9-1-3-13(21)15(23)7-9/h1-4,7-8,11-12,21-23H,5-6,19-20H2,(H,24,25)/t11-,12-/m0/s1. The number of carbonyl (C=O) groups is 2. The van der Waals surface area contributed by atoms with Crippen LogP contribution >= 0.6 is 0 Å². The Labute approximate surface area is 154 Å². The van der Waals surface area contributed by atoms with Crippen LogP contribution in [0, 0.1) is 0 Å². The van der Waals surface area contributed by atoms with Gasteiger partial charge in [0.2, 0.25) is 0 Å². The van der Waals surface area contributed by atoms with Crippen molar-refractivity contribution in [2.45, 2.75) is 24.9 Å². The molecule has 0 saturated heterocycles. The second-order valence-corrected chi connectivity index (χ2v) is 6.01. The van der Waals surface area contributed by atoms with Crippen molar-refractivity contribution in [1.29, 1.82) is 0 Å². The maximum Gasteiger partial charge on any atom is 0.328 e. The first-order valence-corrected chi connectivity index (χ1v) is 7.95. The fourth-order valence-electron chi connectivity index (χ4n) is 2.33. The Bertz CT molecular complexity index is 854. The van der Waals surface area contributed by atoms with Crippen LogP contribution in [0.1, 0.15) is 11.1 Å². The molecule has 144 valence electrons. The van der Waals surface area contributed by atoms with Crippen LogP contribution in [0.3, 0.4) is 0 Å². The molecule has 0 aliphatic rings. The number of carboxylic acids is 1. The average molecular weight is 376 g/mol. The maximum atomic E-state index is 12.2. The zero-order chi connectivity index (χ0) is 20.1. The average Bonchev–Trinajstić information content (AvgIpc) is 2.60. The molecule has 0 fully saturated rings. The summed E-state index contributed by atoms with van der Waals surface area (Å²) in [5.41, 5.74) is 12.2. The number of carboxylic acid groups (broad SMARTS) is 1.